The molecule has 1 aromatic carbocycles. The Kier molecular flexibility index (Phi) is 3.06. The van der Waals surface area contributed by atoms with Gasteiger partial charge in [0.1, 0.15) is 12.1 Å². The second-order valence-corrected chi connectivity index (χ2v) is 3.85. The van der Waals surface area contributed by atoms with Gasteiger partial charge in [0.25, 0.3) is 6.01 Å². The second kappa shape index (κ2) is 4.40. The molecule has 0 spiro atoms. The van der Waals surface area contributed by atoms with Crippen molar-refractivity contribution in [1.82, 2.24) is 4.98 Å². The fourth-order valence-electron chi connectivity index (χ4n) is 1.60. The summed E-state index contributed by atoms with van der Waals surface area (Å²) >= 11 is 0. The highest BCUT2D eigenvalue weighted by Gasteiger charge is 2.32. The number of anilines is 2. The highest BCUT2D eigenvalue weighted by molar-refractivity contribution is 5.78. The van der Waals surface area contributed by atoms with Crippen LogP contribution in [0.15, 0.2) is 22.6 Å². The largest absolute Gasteiger partial charge is 0.423 e. The Labute approximate surface area is 101 Å². The number of nitrogens with two attached hydrogens (primary N) is 1. The lowest BCUT2D eigenvalue weighted by molar-refractivity contribution is -0.120. The molecule has 2 aromatic rings. The van der Waals surface area contributed by atoms with Gasteiger partial charge in [0.15, 0.2) is 5.58 Å². The maximum Gasteiger partial charge on any atom is 0.406 e. The third-order valence-corrected chi connectivity index (χ3v) is 2.42. The Morgan fingerprint density at radius 2 is 2.11 bits per heavy atom. The smallest absolute Gasteiger partial charge is 0.406 e. The van der Waals surface area contributed by atoms with Crippen LogP contribution in [0, 0.1) is 0 Å². The molecule has 0 aliphatic heterocycles. The third-order valence-electron chi connectivity index (χ3n) is 2.42. The average Bonchev–Trinajstić information content (AvgIpc) is 2.67. The van der Waals surface area contributed by atoms with Crippen LogP contribution in [0.2, 0.25) is 0 Å². The molecule has 0 saturated heterocycles. The van der Waals surface area contributed by atoms with E-state index in [4.69, 9.17) is 10.2 Å². The first-order valence-electron chi connectivity index (χ1n) is 5.37. The van der Waals surface area contributed by atoms with Gasteiger partial charge in [0.05, 0.1) is 0 Å². The third kappa shape index (κ3) is 2.66. The minimum absolute atomic E-state index is 0.0459. The van der Waals surface area contributed by atoms with E-state index in [0.29, 0.717) is 16.8 Å². The predicted octanol–water partition coefficient (Wildman–Crippen LogP) is 2.80. The van der Waals surface area contributed by atoms with E-state index >= 15 is 0 Å². The molecule has 0 atom stereocenters. The molecule has 0 unspecified atom stereocenters. The van der Waals surface area contributed by atoms with Crippen molar-refractivity contribution < 1.29 is 17.6 Å². The van der Waals surface area contributed by atoms with Gasteiger partial charge in [-0.1, -0.05) is 0 Å². The number of halogens is 3. The fraction of sp³-hybridized carbons (Fsp3) is 0.364. The van der Waals surface area contributed by atoms with Crippen LogP contribution >= 0.6 is 0 Å². The van der Waals surface area contributed by atoms with Crippen LogP contribution in [0.25, 0.3) is 11.1 Å². The highest BCUT2D eigenvalue weighted by atomic mass is 19.4. The molecule has 1 aromatic heterocycles. The Balaban J connectivity index is 2.34. The monoisotopic (exact) mass is 259 g/mol. The standard InChI is InChI=1S/C11H12F3N3O/c1-2-17(6-11(12,13)14)10-16-8-4-3-7(15)5-9(8)18-10/h3-5H,2,6,15H2,1H3. The summed E-state index contributed by atoms with van der Waals surface area (Å²) in [5, 5.41) is 0. The van der Waals surface area contributed by atoms with E-state index in [1.807, 2.05) is 0 Å². The molecule has 0 saturated carbocycles. The number of hydrogen-bond acceptors (Lipinski definition) is 4. The molecular formula is C11H12F3N3O. The van der Waals surface area contributed by atoms with Crippen molar-refractivity contribution in [3.8, 4) is 0 Å². The molecule has 0 radical (unpaired) electrons. The average molecular weight is 259 g/mol. The molecular weight excluding hydrogens is 247 g/mol. The molecule has 0 bridgehead atoms. The summed E-state index contributed by atoms with van der Waals surface area (Å²) in [7, 11) is 0. The summed E-state index contributed by atoms with van der Waals surface area (Å²) in [6.07, 6.45) is -4.30. The number of nitrogens with zero attached hydrogens (tertiary/aromatic N) is 2. The molecule has 0 aliphatic carbocycles. The van der Waals surface area contributed by atoms with E-state index in [2.05, 4.69) is 4.98 Å². The molecule has 7 heteroatoms. The van der Waals surface area contributed by atoms with Crippen molar-refractivity contribution in [3.05, 3.63) is 18.2 Å². The summed E-state index contributed by atoms with van der Waals surface area (Å²) in [6.45, 7) is 0.669. The minimum atomic E-state index is -4.30. The van der Waals surface area contributed by atoms with Crippen LogP contribution < -0.4 is 10.6 Å². The molecule has 98 valence electrons. The Morgan fingerprint density at radius 1 is 1.39 bits per heavy atom. The van der Waals surface area contributed by atoms with Gasteiger partial charge in [-0.25, -0.2) is 0 Å². The Hall–Kier alpha value is -1.92. The summed E-state index contributed by atoms with van der Waals surface area (Å²) in [4.78, 5) is 5.04. The molecule has 0 aliphatic rings. The number of hydrogen-bond donors (Lipinski definition) is 1. The number of oxazole rings is 1. The van der Waals surface area contributed by atoms with Gasteiger partial charge in [-0.2, -0.15) is 18.2 Å². The predicted molar refractivity (Wildman–Crippen MR) is 62.4 cm³/mol. The summed E-state index contributed by atoms with van der Waals surface area (Å²) in [5.41, 5.74) is 6.90. The van der Waals surface area contributed by atoms with Gasteiger partial charge in [-0.05, 0) is 19.1 Å². The maximum absolute atomic E-state index is 12.4. The number of alkyl halides is 3. The number of nitrogen functional groups attached to an aromatic ring is 1. The van der Waals surface area contributed by atoms with Gasteiger partial charge in [0.2, 0.25) is 0 Å². The van der Waals surface area contributed by atoms with E-state index < -0.39 is 12.7 Å². The maximum atomic E-state index is 12.4. The van der Waals surface area contributed by atoms with E-state index in [1.165, 1.54) is 6.07 Å². The minimum Gasteiger partial charge on any atom is -0.423 e. The van der Waals surface area contributed by atoms with E-state index in [-0.39, 0.29) is 12.6 Å². The zero-order valence-electron chi connectivity index (χ0n) is 9.66. The van der Waals surface area contributed by atoms with Crippen LogP contribution in [0.3, 0.4) is 0 Å². The molecule has 18 heavy (non-hydrogen) atoms. The first kappa shape index (κ1) is 12.5. The zero-order valence-corrected chi connectivity index (χ0v) is 9.66. The second-order valence-electron chi connectivity index (χ2n) is 3.85. The van der Waals surface area contributed by atoms with E-state index in [9.17, 15) is 13.2 Å². The molecule has 1 heterocycles. The van der Waals surface area contributed by atoms with Crippen molar-refractivity contribution in [2.24, 2.45) is 0 Å². The van der Waals surface area contributed by atoms with E-state index in [1.54, 1.807) is 19.1 Å². The highest BCUT2D eigenvalue weighted by Crippen LogP contribution is 2.26. The van der Waals surface area contributed by atoms with Crippen molar-refractivity contribution in [2.75, 3.05) is 23.7 Å². The lowest BCUT2D eigenvalue weighted by Gasteiger charge is -2.19. The van der Waals surface area contributed by atoms with Gasteiger partial charge in [-0.15, -0.1) is 0 Å². The summed E-state index contributed by atoms with van der Waals surface area (Å²) < 4.78 is 42.4. The van der Waals surface area contributed by atoms with Crippen molar-refractivity contribution in [1.29, 1.82) is 0 Å². The Morgan fingerprint density at radius 3 is 2.72 bits per heavy atom. The normalized spacial score (nSPS) is 12.0. The number of aromatic nitrogens is 1. The van der Waals surface area contributed by atoms with E-state index in [0.717, 1.165) is 4.90 Å². The van der Waals surface area contributed by atoms with Gasteiger partial charge < -0.3 is 15.1 Å². The van der Waals surface area contributed by atoms with Crippen LogP contribution in [-0.4, -0.2) is 24.2 Å². The van der Waals surface area contributed by atoms with Gasteiger partial charge in [-0.3, -0.25) is 0 Å². The molecule has 2 rings (SSSR count). The number of fused-ring (bicyclic) bond motifs is 1. The number of benzene rings is 1. The molecule has 4 nitrogen and oxygen atoms in total. The first-order chi connectivity index (χ1) is 8.39. The van der Waals surface area contributed by atoms with Crippen molar-refractivity contribution >= 4 is 22.8 Å². The quantitative estimate of drug-likeness (QED) is 0.861. The topological polar surface area (TPSA) is 55.3 Å². The van der Waals surface area contributed by atoms with Crippen LogP contribution in [0.1, 0.15) is 6.92 Å². The van der Waals surface area contributed by atoms with Crippen LogP contribution in [-0.2, 0) is 0 Å². The Bertz CT molecular complexity index is 550. The zero-order chi connectivity index (χ0) is 13.3. The fourth-order valence-corrected chi connectivity index (χ4v) is 1.60. The van der Waals surface area contributed by atoms with Crippen molar-refractivity contribution in [2.45, 2.75) is 13.1 Å². The van der Waals surface area contributed by atoms with Crippen molar-refractivity contribution in [3.63, 3.8) is 0 Å². The van der Waals surface area contributed by atoms with Crippen LogP contribution in [0.4, 0.5) is 24.9 Å². The SMILES string of the molecule is CCN(CC(F)(F)F)c1nc2ccc(N)cc2o1. The summed E-state index contributed by atoms with van der Waals surface area (Å²) in [5.74, 6) is 0. The van der Waals surface area contributed by atoms with Crippen LogP contribution in [0.5, 0.6) is 0 Å². The lowest BCUT2D eigenvalue weighted by atomic mass is 10.3. The summed E-state index contributed by atoms with van der Waals surface area (Å²) in [6, 6.07) is 4.72. The number of rotatable bonds is 3. The van der Waals surface area contributed by atoms with Gasteiger partial charge >= 0.3 is 6.18 Å². The lowest BCUT2D eigenvalue weighted by Crippen LogP contribution is -2.34. The molecule has 0 amide bonds. The first-order valence-corrected chi connectivity index (χ1v) is 5.37. The molecule has 0 fully saturated rings. The van der Waals surface area contributed by atoms with Gasteiger partial charge in [0, 0.05) is 18.3 Å². The molecule has 2 N–H and O–H groups in total.